The van der Waals surface area contributed by atoms with Crippen molar-refractivity contribution in [2.45, 2.75) is 19.8 Å². The Bertz CT molecular complexity index is 786. The maximum atomic E-state index is 12.1. The molecule has 2 aromatic rings. The maximum absolute atomic E-state index is 12.1. The zero-order valence-corrected chi connectivity index (χ0v) is 14.3. The lowest BCUT2D eigenvalue weighted by Gasteiger charge is -2.11. The molecule has 118 valence electrons. The lowest BCUT2D eigenvalue weighted by Crippen LogP contribution is -2.20. The molecule has 1 aliphatic carbocycles. The summed E-state index contributed by atoms with van der Waals surface area (Å²) in [6, 6.07) is 11.1. The first-order valence-corrected chi connectivity index (χ1v) is 8.18. The smallest absolute Gasteiger partial charge is 0.262 e. The average molecular weight is 374 g/mol. The van der Waals surface area contributed by atoms with Crippen LogP contribution in [0.4, 0.5) is 5.69 Å². The minimum absolute atomic E-state index is 0.0923. The lowest BCUT2D eigenvalue weighted by molar-refractivity contribution is -0.118. The van der Waals surface area contributed by atoms with Crippen molar-refractivity contribution in [3.63, 3.8) is 0 Å². The van der Waals surface area contributed by atoms with Crippen molar-refractivity contribution in [1.29, 1.82) is 0 Å². The quantitative estimate of drug-likeness (QED) is 0.883. The zero-order chi connectivity index (χ0) is 16.4. The van der Waals surface area contributed by atoms with Crippen LogP contribution in [0.15, 0.2) is 40.9 Å². The minimum atomic E-state index is -0.239. The molecule has 0 radical (unpaired) electrons. The van der Waals surface area contributed by atoms with Gasteiger partial charge in [-0.25, -0.2) is 0 Å². The fourth-order valence-electron chi connectivity index (χ4n) is 2.64. The Morgan fingerprint density at radius 3 is 2.87 bits per heavy atom. The summed E-state index contributed by atoms with van der Waals surface area (Å²) < 4.78 is 6.45. The second kappa shape index (κ2) is 6.54. The molecule has 0 atom stereocenters. The third-order valence-corrected chi connectivity index (χ3v) is 4.45. The van der Waals surface area contributed by atoms with E-state index in [4.69, 9.17) is 4.74 Å². The van der Waals surface area contributed by atoms with E-state index in [1.54, 1.807) is 18.2 Å². The molecule has 1 aliphatic rings. The Balaban J connectivity index is 1.65. The topological polar surface area (TPSA) is 55.4 Å². The third-order valence-electron chi connectivity index (χ3n) is 3.79. The molecule has 23 heavy (non-hydrogen) atoms. The summed E-state index contributed by atoms with van der Waals surface area (Å²) in [6.45, 7) is 1.89. The van der Waals surface area contributed by atoms with Crippen molar-refractivity contribution in [3.05, 3.63) is 57.6 Å². The Morgan fingerprint density at radius 1 is 1.26 bits per heavy atom. The lowest BCUT2D eigenvalue weighted by atomic mass is 10.1. The molecule has 0 saturated carbocycles. The molecule has 0 aromatic heterocycles. The van der Waals surface area contributed by atoms with Gasteiger partial charge in [0.1, 0.15) is 5.75 Å². The van der Waals surface area contributed by atoms with Crippen molar-refractivity contribution in [2.24, 2.45) is 0 Å². The number of fused-ring (bicyclic) bond motifs is 1. The molecular weight excluding hydrogens is 358 g/mol. The van der Waals surface area contributed by atoms with Crippen molar-refractivity contribution in [3.8, 4) is 5.75 Å². The van der Waals surface area contributed by atoms with E-state index in [9.17, 15) is 9.59 Å². The van der Waals surface area contributed by atoms with Gasteiger partial charge in [-0.05, 0) is 53.0 Å². The van der Waals surface area contributed by atoms with Gasteiger partial charge in [0.15, 0.2) is 12.4 Å². The van der Waals surface area contributed by atoms with Gasteiger partial charge in [0.25, 0.3) is 5.91 Å². The van der Waals surface area contributed by atoms with E-state index in [2.05, 4.69) is 21.2 Å². The van der Waals surface area contributed by atoms with Crippen molar-refractivity contribution in [1.82, 2.24) is 0 Å². The van der Waals surface area contributed by atoms with E-state index >= 15 is 0 Å². The average Bonchev–Trinajstić information content (AvgIpc) is 2.90. The van der Waals surface area contributed by atoms with Gasteiger partial charge in [-0.3, -0.25) is 9.59 Å². The summed E-state index contributed by atoms with van der Waals surface area (Å²) in [7, 11) is 0. The molecule has 2 aromatic carbocycles. The van der Waals surface area contributed by atoms with Crippen molar-refractivity contribution in [2.75, 3.05) is 11.9 Å². The molecule has 0 bridgehead atoms. The number of carbonyl (C=O) groups is 2. The highest BCUT2D eigenvalue weighted by Crippen LogP contribution is 2.30. The standard InChI is InChI=1S/C18H16BrNO3/c1-11-5-7-15(14(19)9-11)20-18(22)10-23-17-4-2-3-12-13(17)6-8-16(12)21/h2-5,7,9H,6,8,10H2,1H3,(H,20,22). The van der Waals surface area contributed by atoms with Crippen LogP contribution in [0.1, 0.15) is 27.9 Å². The summed E-state index contributed by atoms with van der Waals surface area (Å²) in [5.74, 6) is 0.515. The van der Waals surface area contributed by atoms with Crippen molar-refractivity contribution < 1.29 is 14.3 Å². The number of amides is 1. The van der Waals surface area contributed by atoms with Crippen molar-refractivity contribution >= 4 is 33.3 Å². The Morgan fingerprint density at radius 2 is 2.09 bits per heavy atom. The first-order chi connectivity index (χ1) is 11.0. The Hall–Kier alpha value is -2.14. The molecule has 3 rings (SSSR count). The predicted octanol–water partition coefficient (Wildman–Crippen LogP) is 3.90. The van der Waals surface area contributed by atoms with Gasteiger partial charge in [0.05, 0.1) is 5.69 Å². The van der Waals surface area contributed by atoms with Crippen LogP contribution < -0.4 is 10.1 Å². The number of hydrogen-bond acceptors (Lipinski definition) is 3. The van der Waals surface area contributed by atoms with Gasteiger partial charge in [-0.2, -0.15) is 0 Å². The highest BCUT2D eigenvalue weighted by molar-refractivity contribution is 9.10. The molecule has 0 spiro atoms. The third kappa shape index (κ3) is 3.45. The number of ether oxygens (including phenoxy) is 1. The summed E-state index contributed by atoms with van der Waals surface area (Å²) >= 11 is 3.43. The number of nitrogens with one attached hydrogen (secondary N) is 1. The molecule has 5 heteroatoms. The van der Waals surface area contributed by atoms with Crippen LogP contribution in [0.25, 0.3) is 0 Å². The maximum Gasteiger partial charge on any atom is 0.262 e. The normalized spacial score (nSPS) is 12.9. The van der Waals surface area contributed by atoms with E-state index in [0.717, 1.165) is 15.6 Å². The minimum Gasteiger partial charge on any atom is -0.483 e. The van der Waals surface area contributed by atoms with Crippen LogP contribution in [0.3, 0.4) is 0 Å². The fraction of sp³-hybridized carbons (Fsp3) is 0.222. The first kappa shape index (κ1) is 15.7. The van der Waals surface area contributed by atoms with Gasteiger partial charge < -0.3 is 10.1 Å². The molecule has 0 fully saturated rings. The van der Waals surface area contributed by atoms with E-state index < -0.39 is 0 Å². The molecule has 0 saturated heterocycles. The monoisotopic (exact) mass is 373 g/mol. The van der Waals surface area contributed by atoms with E-state index in [0.29, 0.717) is 29.8 Å². The van der Waals surface area contributed by atoms with Gasteiger partial charge in [-0.15, -0.1) is 0 Å². The number of Topliss-reactive ketones (excluding diaryl/α,β-unsaturated/α-hetero) is 1. The van der Waals surface area contributed by atoms with Gasteiger partial charge in [0, 0.05) is 22.0 Å². The van der Waals surface area contributed by atoms with Crippen LogP contribution in [0.5, 0.6) is 5.75 Å². The number of rotatable bonds is 4. The predicted molar refractivity (Wildman–Crippen MR) is 92.1 cm³/mol. The zero-order valence-electron chi connectivity index (χ0n) is 12.7. The molecule has 0 aliphatic heterocycles. The largest absolute Gasteiger partial charge is 0.483 e. The van der Waals surface area contributed by atoms with Crippen LogP contribution in [0.2, 0.25) is 0 Å². The van der Waals surface area contributed by atoms with E-state index in [-0.39, 0.29) is 18.3 Å². The molecule has 0 unspecified atom stereocenters. The number of anilines is 1. The Labute approximate surface area is 143 Å². The summed E-state index contributed by atoms with van der Waals surface area (Å²) in [5, 5.41) is 2.81. The van der Waals surface area contributed by atoms with Crippen LogP contribution in [-0.4, -0.2) is 18.3 Å². The number of halogens is 1. The molecular formula is C18H16BrNO3. The molecule has 4 nitrogen and oxygen atoms in total. The van der Waals surface area contributed by atoms with E-state index in [1.165, 1.54) is 0 Å². The number of benzene rings is 2. The van der Waals surface area contributed by atoms with Crippen LogP contribution in [-0.2, 0) is 11.2 Å². The Kier molecular flexibility index (Phi) is 4.48. The summed E-state index contributed by atoms with van der Waals surface area (Å²) in [4.78, 5) is 23.8. The van der Waals surface area contributed by atoms with Gasteiger partial charge >= 0.3 is 0 Å². The highest BCUT2D eigenvalue weighted by Gasteiger charge is 2.22. The molecule has 1 amide bonds. The number of aryl methyl sites for hydroxylation is 1. The second-order valence-corrected chi connectivity index (χ2v) is 6.38. The number of ketones is 1. The van der Waals surface area contributed by atoms with Crippen LogP contribution >= 0.6 is 15.9 Å². The second-order valence-electron chi connectivity index (χ2n) is 5.53. The first-order valence-electron chi connectivity index (χ1n) is 7.38. The summed E-state index contributed by atoms with van der Waals surface area (Å²) in [5.41, 5.74) is 3.43. The van der Waals surface area contributed by atoms with E-state index in [1.807, 2.05) is 25.1 Å². The van der Waals surface area contributed by atoms with Crippen LogP contribution in [0, 0.1) is 6.92 Å². The highest BCUT2D eigenvalue weighted by atomic mass is 79.9. The van der Waals surface area contributed by atoms with Gasteiger partial charge in [-0.1, -0.05) is 18.2 Å². The fourth-order valence-corrected chi connectivity index (χ4v) is 3.24. The molecule has 1 N–H and O–H groups in total. The summed E-state index contributed by atoms with van der Waals surface area (Å²) in [6.07, 6.45) is 1.19. The SMILES string of the molecule is Cc1ccc(NC(=O)COc2cccc3c2CCC3=O)c(Br)c1. The molecule has 0 heterocycles. The number of hydrogen-bond donors (Lipinski definition) is 1. The van der Waals surface area contributed by atoms with Gasteiger partial charge in [0.2, 0.25) is 0 Å². The number of carbonyl (C=O) groups excluding carboxylic acids is 2.